The number of thiophene rings is 1. The van der Waals surface area contributed by atoms with Gasteiger partial charge in [0.2, 0.25) is 5.91 Å². The van der Waals surface area contributed by atoms with Crippen LogP contribution in [0.2, 0.25) is 0 Å². The van der Waals surface area contributed by atoms with E-state index in [-0.39, 0.29) is 11.0 Å². The van der Waals surface area contributed by atoms with E-state index in [9.17, 15) is 14.4 Å². The molecule has 0 saturated heterocycles. The fourth-order valence-corrected chi connectivity index (χ4v) is 4.74. The third kappa shape index (κ3) is 3.36. The molecule has 142 valence electrons. The first kappa shape index (κ1) is 18.2. The molecule has 7 heteroatoms. The molecular formula is C21H18N2O4S. The Labute approximate surface area is 164 Å². The van der Waals surface area contributed by atoms with Gasteiger partial charge >= 0.3 is 0 Å². The summed E-state index contributed by atoms with van der Waals surface area (Å²) in [7, 11) is 0. The van der Waals surface area contributed by atoms with Crippen molar-refractivity contribution in [1.82, 2.24) is 0 Å². The maximum Gasteiger partial charge on any atom is 0.251 e. The number of benzene rings is 1. The summed E-state index contributed by atoms with van der Waals surface area (Å²) in [5, 5.41) is 3.66. The second-order valence-electron chi connectivity index (χ2n) is 6.62. The van der Waals surface area contributed by atoms with Crippen molar-refractivity contribution in [3.05, 3.63) is 68.4 Å². The molecule has 2 amide bonds. The highest BCUT2D eigenvalue weighted by atomic mass is 32.1. The molecule has 2 aromatic heterocycles. The van der Waals surface area contributed by atoms with E-state index in [0.29, 0.717) is 21.5 Å². The fraction of sp³-hybridized carbons (Fsp3) is 0.190. The number of amides is 2. The van der Waals surface area contributed by atoms with E-state index in [1.807, 2.05) is 0 Å². The lowest BCUT2D eigenvalue weighted by molar-refractivity contribution is -0.111. The largest absolute Gasteiger partial charge is 0.463 e. The number of rotatable bonds is 4. The number of aryl methyl sites for hydroxylation is 1. The number of hydrogen-bond donors (Lipinski definition) is 2. The number of nitrogens with two attached hydrogens (primary N) is 1. The zero-order chi connectivity index (χ0) is 19.7. The predicted molar refractivity (Wildman–Crippen MR) is 110 cm³/mol. The molecule has 0 bridgehead atoms. The van der Waals surface area contributed by atoms with Crippen LogP contribution >= 0.6 is 11.3 Å². The van der Waals surface area contributed by atoms with Gasteiger partial charge in [0, 0.05) is 11.0 Å². The molecule has 0 fully saturated rings. The van der Waals surface area contributed by atoms with E-state index < -0.39 is 11.8 Å². The smallest absolute Gasteiger partial charge is 0.251 e. The summed E-state index contributed by atoms with van der Waals surface area (Å²) in [4.78, 5) is 37.8. The Bertz CT molecular complexity index is 1170. The van der Waals surface area contributed by atoms with Crippen LogP contribution in [0.15, 0.2) is 45.8 Å². The molecule has 1 aromatic carbocycles. The average molecular weight is 394 g/mol. The van der Waals surface area contributed by atoms with E-state index in [0.717, 1.165) is 36.1 Å². The second-order valence-corrected chi connectivity index (χ2v) is 7.72. The van der Waals surface area contributed by atoms with E-state index in [2.05, 4.69) is 5.32 Å². The minimum Gasteiger partial charge on any atom is -0.463 e. The molecule has 2 heterocycles. The maximum atomic E-state index is 12.5. The van der Waals surface area contributed by atoms with Crippen LogP contribution in [0.3, 0.4) is 0 Å². The number of para-hydroxylation sites is 1. The van der Waals surface area contributed by atoms with Gasteiger partial charge in [0.05, 0.1) is 16.5 Å². The lowest BCUT2D eigenvalue weighted by Crippen LogP contribution is -2.17. The minimum absolute atomic E-state index is 0.213. The van der Waals surface area contributed by atoms with E-state index >= 15 is 0 Å². The number of primary amides is 1. The van der Waals surface area contributed by atoms with Gasteiger partial charge in [0.1, 0.15) is 16.8 Å². The van der Waals surface area contributed by atoms with Gasteiger partial charge in [-0.1, -0.05) is 12.1 Å². The third-order valence-electron chi connectivity index (χ3n) is 4.78. The van der Waals surface area contributed by atoms with Crippen LogP contribution in [-0.4, -0.2) is 11.8 Å². The molecule has 0 radical (unpaired) electrons. The number of hydrogen-bond acceptors (Lipinski definition) is 5. The van der Waals surface area contributed by atoms with Crippen molar-refractivity contribution >= 4 is 45.2 Å². The minimum atomic E-state index is -0.533. The zero-order valence-corrected chi connectivity index (χ0v) is 15.8. The van der Waals surface area contributed by atoms with Crippen LogP contribution in [0.25, 0.3) is 17.0 Å². The maximum absolute atomic E-state index is 12.5. The Morgan fingerprint density at radius 1 is 1.18 bits per heavy atom. The zero-order valence-electron chi connectivity index (χ0n) is 15.0. The van der Waals surface area contributed by atoms with Gasteiger partial charge in [-0.25, -0.2) is 0 Å². The van der Waals surface area contributed by atoms with E-state index in [1.165, 1.54) is 29.8 Å². The van der Waals surface area contributed by atoms with Crippen molar-refractivity contribution in [2.75, 3.05) is 5.32 Å². The Hall–Kier alpha value is -3.19. The van der Waals surface area contributed by atoms with Crippen molar-refractivity contribution in [3.8, 4) is 0 Å². The van der Waals surface area contributed by atoms with Crippen LogP contribution in [0, 0.1) is 0 Å². The van der Waals surface area contributed by atoms with Gasteiger partial charge in [-0.15, -0.1) is 11.3 Å². The average Bonchev–Trinajstić information content (AvgIpc) is 3.05. The fourth-order valence-electron chi connectivity index (χ4n) is 3.44. The Morgan fingerprint density at radius 3 is 2.79 bits per heavy atom. The summed E-state index contributed by atoms with van der Waals surface area (Å²) >= 11 is 1.40. The lowest BCUT2D eigenvalue weighted by Gasteiger charge is -2.11. The molecule has 6 nitrogen and oxygen atoms in total. The summed E-state index contributed by atoms with van der Waals surface area (Å²) in [5.41, 5.74) is 7.46. The molecule has 1 aliphatic rings. The van der Waals surface area contributed by atoms with Gasteiger partial charge < -0.3 is 15.5 Å². The number of anilines is 1. The molecule has 28 heavy (non-hydrogen) atoms. The van der Waals surface area contributed by atoms with Crippen LogP contribution in [0.4, 0.5) is 5.00 Å². The highest BCUT2D eigenvalue weighted by Gasteiger charge is 2.24. The molecule has 0 atom stereocenters. The van der Waals surface area contributed by atoms with Gasteiger partial charge in [-0.05, 0) is 49.5 Å². The summed E-state index contributed by atoms with van der Waals surface area (Å²) in [6.07, 6.45) is 7.76. The van der Waals surface area contributed by atoms with Gasteiger partial charge in [0.25, 0.3) is 5.91 Å². The van der Waals surface area contributed by atoms with Crippen molar-refractivity contribution in [3.63, 3.8) is 0 Å². The SMILES string of the molecule is NC(=O)c1c(NC(=O)/C=C/c2coc3ccccc3c2=O)sc2c1CCCC2. The summed E-state index contributed by atoms with van der Waals surface area (Å²) in [5.74, 6) is -0.970. The Kier molecular flexibility index (Phi) is 4.83. The van der Waals surface area contributed by atoms with E-state index in [1.54, 1.807) is 24.3 Å². The highest BCUT2D eigenvalue weighted by molar-refractivity contribution is 7.17. The monoisotopic (exact) mass is 394 g/mol. The van der Waals surface area contributed by atoms with Crippen molar-refractivity contribution < 1.29 is 14.0 Å². The van der Waals surface area contributed by atoms with Crippen molar-refractivity contribution in [1.29, 1.82) is 0 Å². The molecular weight excluding hydrogens is 376 g/mol. The Balaban J connectivity index is 1.59. The van der Waals surface area contributed by atoms with Crippen LogP contribution in [-0.2, 0) is 17.6 Å². The van der Waals surface area contributed by atoms with Crippen LogP contribution < -0.4 is 16.5 Å². The predicted octanol–water partition coefficient (Wildman–Crippen LogP) is 3.48. The van der Waals surface area contributed by atoms with Crippen LogP contribution in [0.5, 0.6) is 0 Å². The molecule has 3 aromatic rings. The summed E-state index contributed by atoms with van der Waals surface area (Å²) < 4.78 is 5.44. The number of carbonyl (C=O) groups excluding carboxylic acids is 2. The first-order valence-corrected chi connectivity index (χ1v) is 9.80. The van der Waals surface area contributed by atoms with Crippen LogP contribution in [0.1, 0.15) is 39.2 Å². The van der Waals surface area contributed by atoms with Gasteiger partial charge in [0.15, 0.2) is 5.43 Å². The van der Waals surface area contributed by atoms with Crippen molar-refractivity contribution in [2.24, 2.45) is 5.73 Å². The molecule has 0 aliphatic heterocycles. The number of nitrogens with one attached hydrogen (secondary N) is 1. The Morgan fingerprint density at radius 2 is 1.96 bits per heavy atom. The molecule has 4 rings (SSSR count). The molecule has 0 unspecified atom stereocenters. The summed E-state index contributed by atoms with van der Waals surface area (Å²) in [6, 6.07) is 6.92. The van der Waals surface area contributed by atoms with Crippen molar-refractivity contribution in [2.45, 2.75) is 25.7 Å². The summed E-state index contributed by atoms with van der Waals surface area (Å²) in [6.45, 7) is 0. The first-order chi connectivity index (χ1) is 13.5. The quantitative estimate of drug-likeness (QED) is 0.661. The highest BCUT2D eigenvalue weighted by Crippen LogP contribution is 2.37. The number of fused-ring (bicyclic) bond motifs is 2. The van der Waals surface area contributed by atoms with Gasteiger partial charge in [-0.3, -0.25) is 14.4 Å². The third-order valence-corrected chi connectivity index (χ3v) is 5.98. The molecule has 0 spiro atoms. The first-order valence-electron chi connectivity index (χ1n) is 8.98. The van der Waals surface area contributed by atoms with Gasteiger partial charge in [-0.2, -0.15) is 0 Å². The molecule has 0 saturated carbocycles. The standard InChI is InChI=1S/C21H18N2O4S/c22-20(26)18-14-6-2-4-8-16(14)28-21(18)23-17(24)10-9-12-11-27-15-7-3-1-5-13(15)19(12)25/h1,3,5,7,9-11H,2,4,6,8H2,(H2,22,26)(H,23,24)/b10-9+. The number of carbonyl (C=O) groups is 2. The van der Waals surface area contributed by atoms with E-state index in [4.69, 9.17) is 10.2 Å². The normalized spacial score (nSPS) is 13.6. The molecule has 3 N–H and O–H groups in total. The topological polar surface area (TPSA) is 102 Å². The lowest BCUT2D eigenvalue weighted by atomic mass is 9.95. The second kappa shape index (κ2) is 7.44. The molecule has 1 aliphatic carbocycles.